The van der Waals surface area contributed by atoms with E-state index in [0.717, 1.165) is 11.3 Å². The van der Waals surface area contributed by atoms with Crippen LogP contribution in [0, 0.1) is 0 Å². The van der Waals surface area contributed by atoms with Crippen LogP contribution in [0.15, 0.2) is 24.3 Å². The molecular formula is C17H28N2O4S. The van der Waals surface area contributed by atoms with Crippen LogP contribution in [0.3, 0.4) is 0 Å². The van der Waals surface area contributed by atoms with Gasteiger partial charge in [-0.05, 0) is 51.8 Å². The SMILES string of the molecule is CC(C)Nc1ccc(COC(=O)CCCNS(=O)(=O)C(C)C)cc1. The summed E-state index contributed by atoms with van der Waals surface area (Å²) in [6.45, 7) is 7.81. The van der Waals surface area contributed by atoms with Crippen molar-refractivity contribution < 1.29 is 17.9 Å². The highest BCUT2D eigenvalue weighted by molar-refractivity contribution is 7.90. The van der Waals surface area contributed by atoms with E-state index in [1.165, 1.54) is 0 Å². The van der Waals surface area contributed by atoms with E-state index in [2.05, 4.69) is 23.9 Å². The number of carbonyl (C=O) groups is 1. The monoisotopic (exact) mass is 356 g/mol. The molecule has 0 bridgehead atoms. The lowest BCUT2D eigenvalue weighted by molar-refractivity contribution is -0.145. The Labute approximate surface area is 145 Å². The third kappa shape index (κ3) is 7.79. The first kappa shape index (κ1) is 20.4. The fourth-order valence-electron chi connectivity index (χ4n) is 1.88. The van der Waals surface area contributed by atoms with Crippen LogP contribution in [-0.4, -0.2) is 32.2 Å². The fourth-order valence-corrected chi connectivity index (χ4v) is 2.64. The Morgan fingerprint density at radius 3 is 2.29 bits per heavy atom. The Kier molecular flexibility index (Phi) is 8.21. The second-order valence-electron chi connectivity index (χ2n) is 6.25. The lowest BCUT2D eigenvalue weighted by Gasteiger charge is -2.11. The summed E-state index contributed by atoms with van der Waals surface area (Å²) in [6.07, 6.45) is 0.607. The Balaban J connectivity index is 2.26. The van der Waals surface area contributed by atoms with Crippen molar-refractivity contribution in [3.8, 4) is 0 Å². The number of hydrogen-bond donors (Lipinski definition) is 2. The summed E-state index contributed by atoms with van der Waals surface area (Å²) < 4.78 is 30.8. The van der Waals surface area contributed by atoms with Crippen molar-refractivity contribution in [2.75, 3.05) is 11.9 Å². The highest BCUT2D eigenvalue weighted by Crippen LogP contribution is 2.12. The van der Waals surface area contributed by atoms with Crippen LogP contribution < -0.4 is 10.0 Å². The molecule has 0 aliphatic rings. The van der Waals surface area contributed by atoms with Crippen molar-refractivity contribution in [1.29, 1.82) is 0 Å². The Hall–Kier alpha value is -1.60. The third-order valence-corrected chi connectivity index (χ3v) is 5.14. The van der Waals surface area contributed by atoms with Crippen molar-refractivity contribution >= 4 is 21.7 Å². The smallest absolute Gasteiger partial charge is 0.306 e. The van der Waals surface area contributed by atoms with Crippen LogP contribution in [0.5, 0.6) is 0 Å². The van der Waals surface area contributed by atoms with E-state index in [9.17, 15) is 13.2 Å². The molecule has 6 nitrogen and oxygen atoms in total. The summed E-state index contributed by atoms with van der Waals surface area (Å²) in [5.41, 5.74) is 1.94. The molecule has 0 aliphatic carbocycles. The van der Waals surface area contributed by atoms with Crippen LogP contribution in [0.25, 0.3) is 0 Å². The van der Waals surface area contributed by atoms with Gasteiger partial charge in [0.15, 0.2) is 0 Å². The number of benzene rings is 1. The van der Waals surface area contributed by atoms with Crippen molar-refractivity contribution in [3.05, 3.63) is 29.8 Å². The number of esters is 1. The first-order valence-electron chi connectivity index (χ1n) is 8.20. The van der Waals surface area contributed by atoms with Gasteiger partial charge in [0.2, 0.25) is 10.0 Å². The maximum atomic E-state index is 11.7. The zero-order valence-corrected chi connectivity index (χ0v) is 15.7. The third-order valence-electron chi connectivity index (χ3n) is 3.29. The Bertz CT molecular complexity index is 610. The average Bonchev–Trinajstić information content (AvgIpc) is 2.50. The van der Waals surface area contributed by atoms with Gasteiger partial charge in [-0.2, -0.15) is 0 Å². The van der Waals surface area contributed by atoms with Gasteiger partial charge >= 0.3 is 5.97 Å². The molecular weight excluding hydrogens is 328 g/mol. The molecule has 0 atom stereocenters. The summed E-state index contributed by atoms with van der Waals surface area (Å²) >= 11 is 0. The minimum absolute atomic E-state index is 0.188. The van der Waals surface area contributed by atoms with Gasteiger partial charge in [-0.15, -0.1) is 0 Å². The molecule has 0 aromatic heterocycles. The molecule has 0 aliphatic heterocycles. The molecule has 0 saturated heterocycles. The van der Waals surface area contributed by atoms with E-state index in [-0.39, 0.29) is 25.5 Å². The molecule has 7 heteroatoms. The van der Waals surface area contributed by atoms with Gasteiger partial charge in [0.25, 0.3) is 0 Å². The standard InChI is InChI=1S/C17H28N2O4S/c1-13(2)19-16-9-7-15(8-10-16)12-23-17(20)6-5-11-18-24(21,22)14(3)4/h7-10,13-14,18-19H,5-6,11-12H2,1-4H3. The zero-order valence-electron chi connectivity index (χ0n) is 14.8. The molecule has 0 heterocycles. The average molecular weight is 356 g/mol. The van der Waals surface area contributed by atoms with Crippen molar-refractivity contribution in [2.24, 2.45) is 0 Å². The van der Waals surface area contributed by atoms with Crippen molar-refractivity contribution in [1.82, 2.24) is 4.72 Å². The largest absolute Gasteiger partial charge is 0.461 e. The minimum Gasteiger partial charge on any atom is -0.461 e. The number of anilines is 1. The van der Waals surface area contributed by atoms with Crippen molar-refractivity contribution in [3.63, 3.8) is 0 Å². The predicted octanol–water partition coefficient (Wildman–Crippen LogP) is 2.66. The summed E-state index contributed by atoms with van der Waals surface area (Å²) in [6, 6.07) is 8.08. The summed E-state index contributed by atoms with van der Waals surface area (Å²) in [4.78, 5) is 11.7. The van der Waals surface area contributed by atoms with E-state index in [1.54, 1.807) is 13.8 Å². The van der Waals surface area contributed by atoms with E-state index in [1.807, 2.05) is 24.3 Å². The second kappa shape index (κ2) is 9.64. The molecule has 0 saturated carbocycles. The first-order valence-corrected chi connectivity index (χ1v) is 9.75. The fraction of sp³-hybridized carbons (Fsp3) is 0.588. The predicted molar refractivity (Wildman–Crippen MR) is 96.3 cm³/mol. The number of nitrogens with one attached hydrogen (secondary N) is 2. The maximum absolute atomic E-state index is 11.7. The van der Waals surface area contributed by atoms with E-state index in [4.69, 9.17) is 4.74 Å². The quantitative estimate of drug-likeness (QED) is 0.497. The lowest BCUT2D eigenvalue weighted by Crippen LogP contribution is -2.31. The van der Waals surface area contributed by atoms with Gasteiger partial charge in [-0.1, -0.05) is 12.1 Å². The Morgan fingerprint density at radius 1 is 1.12 bits per heavy atom. The molecule has 2 N–H and O–H groups in total. The van der Waals surface area contributed by atoms with E-state index >= 15 is 0 Å². The number of carbonyl (C=O) groups excluding carboxylic acids is 1. The molecule has 0 amide bonds. The molecule has 1 aromatic rings. The van der Waals surface area contributed by atoms with E-state index in [0.29, 0.717) is 12.5 Å². The molecule has 24 heavy (non-hydrogen) atoms. The number of hydrogen-bond acceptors (Lipinski definition) is 5. The maximum Gasteiger partial charge on any atom is 0.306 e. The van der Waals surface area contributed by atoms with Gasteiger partial charge < -0.3 is 10.1 Å². The van der Waals surface area contributed by atoms with Crippen LogP contribution in [0.2, 0.25) is 0 Å². The highest BCUT2D eigenvalue weighted by Gasteiger charge is 2.14. The van der Waals surface area contributed by atoms with Gasteiger partial charge in [0.05, 0.1) is 5.25 Å². The normalized spacial score (nSPS) is 11.8. The minimum atomic E-state index is -3.27. The van der Waals surface area contributed by atoms with Gasteiger partial charge in [-0.3, -0.25) is 4.79 Å². The van der Waals surface area contributed by atoms with Gasteiger partial charge in [0, 0.05) is 24.7 Å². The van der Waals surface area contributed by atoms with Gasteiger partial charge in [-0.25, -0.2) is 13.1 Å². The number of ether oxygens (including phenoxy) is 1. The summed E-state index contributed by atoms with van der Waals surface area (Å²) in [7, 11) is -3.27. The molecule has 0 fully saturated rings. The van der Waals surface area contributed by atoms with E-state index < -0.39 is 15.3 Å². The molecule has 0 unspecified atom stereocenters. The highest BCUT2D eigenvalue weighted by atomic mass is 32.2. The zero-order chi connectivity index (χ0) is 18.2. The molecule has 136 valence electrons. The van der Waals surface area contributed by atoms with Crippen LogP contribution in [0.4, 0.5) is 5.69 Å². The lowest BCUT2D eigenvalue weighted by atomic mass is 10.2. The number of sulfonamides is 1. The summed E-state index contributed by atoms with van der Waals surface area (Å²) in [5.74, 6) is -0.330. The molecule has 1 rings (SSSR count). The molecule has 1 aromatic carbocycles. The second-order valence-corrected chi connectivity index (χ2v) is 8.57. The van der Waals surface area contributed by atoms with Crippen LogP contribution in [-0.2, 0) is 26.2 Å². The number of rotatable bonds is 10. The van der Waals surface area contributed by atoms with Crippen LogP contribution >= 0.6 is 0 Å². The summed E-state index contributed by atoms with van der Waals surface area (Å²) in [5, 5.41) is 2.81. The molecule has 0 radical (unpaired) electrons. The topological polar surface area (TPSA) is 84.5 Å². The molecule has 0 spiro atoms. The first-order chi connectivity index (χ1) is 11.2. The van der Waals surface area contributed by atoms with Gasteiger partial charge in [0.1, 0.15) is 6.61 Å². The van der Waals surface area contributed by atoms with Crippen molar-refractivity contribution in [2.45, 2.75) is 58.4 Å². The Morgan fingerprint density at radius 2 is 1.75 bits per heavy atom. The van der Waals surface area contributed by atoms with Crippen LogP contribution in [0.1, 0.15) is 46.1 Å².